The minimum atomic E-state index is -0.631. The lowest BCUT2D eigenvalue weighted by Gasteiger charge is -2.54. The Morgan fingerprint density at radius 1 is 1.00 bits per heavy atom. The molecule has 40 heavy (non-hydrogen) atoms. The number of fused-ring (bicyclic) bond motifs is 1. The molecule has 1 aliphatic heterocycles. The number of benzene rings is 2. The van der Waals surface area contributed by atoms with Gasteiger partial charge in [-0.05, 0) is 111 Å². The Morgan fingerprint density at radius 2 is 1.73 bits per heavy atom. The lowest BCUT2D eigenvalue weighted by atomic mass is 9.54. The van der Waals surface area contributed by atoms with Crippen LogP contribution in [0.3, 0.4) is 0 Å². The molecule has 1 saturated carbocycles. The molecule has 2 aromatic carbocycles. The number of aliphatic hydroxyl groups is 1. The van der Waals surface area contributed by atoms with Crippen LogP contribution in [0.25, 0.3) is 0 Å². The molecule has 0 amide bonds. The van der Waals surface area contributed by atoms with Gasteiger partial charge in [0.1, 0.15) is 11.7 Å². The van der Waals surface area contributed by atoms with Crippen molar-refractivity contribution in [3.05, 3.63) is 118 Å². The first kappa shape index (κ1) is 27.0. The average molecular weight is 533 g/mol. The number of aryl methyl sites for hydroxylation is 2. The van der Waals surface area contributed by atoms with Crippen molar-refractivity contribution in [1.29, 1.82) is 0 Å². The van der Waals surface area contributed by atoms with Crippen molar-refractivity contribution in [3.63, 3.8) is 0 Å². The number of ether oxygens (including phenoxy) is 2. The topological polar surface area (TPSA) is 38.7 Å². The summed E-state index contributed by atoms with van der Waals surface area (Å²) in [5, 5.41) is 10.5. The summed E-state index contributed by atoms with van der Waals surface area (Å²) < 4.78 is 13.2. The Bertz CT molecular complexity index is 1400. The van der Waals surface area contributed by atoms with Gasteiger partial charge in [-0.3, -0.25) is 0 Å². The van der Waals surface area contributed by atoms with Crippen LogP contribution in [0.2, 0.25) is 0 Å². The SMILES string of the molecule is CC1(C)O[C@@H]2C3=C4C(CCC[C@@]42O1)[C@H](CCc1ccccc1)/C=C(C#C/C=C/CCc1ccccc1)\C=C/3CO. The van der Waals surface area contributed by atoms with Gasteiger partial charge in [-0.1, -0.05) is 84.7 Å². The van der Waals surface area contributed by atoms with E-state index < -0.39 is 5.79 Å². The zero-order valence-electron chi connectivity index (χ0n) is 23.7. The van der Waals surface area contributed by atoms with Crippen LogP contribution in [0.5, 0.6) is 0 Å². The van der Waals surface area contributed by atoms with Gasteiger partial charge in [0.25, 0.3) is 0 Å². The molecule has 2 fully saturated rings. The van der Waals surface area contributed by atoms with E-state index in [1.54, 1.807) is 0 Å². The van der Waals surface area contributed by atoms with Crippen molar-refractivity contribution in [2.24, 2.45) is 11.8 Å². The van der Waals surface area contributed by atoms with Crippen LogP contribution in [0, 0.1) is 23.7 Å². The summed E-state index contributed by atoms with van der Waals surface area (Å²) in [6, 6.07) is 21.3. The molecular formula is C37H40O3. The smallest absolute Gasteiger partial charge is 0.165 e. The quantitative estimate of drug-likeness (QED) is 0.381. The standard InChI is InChI=1S/C37H40O3/c1-36(2)39-35-33-31(26-38)25-29(19-8-4-3-7-14-27-15-9-5-10-16-27)24-30(22-21-28-17-11-6-12-18-28)32-20-13-23-37(35,40-36)34(32)33/h3-6,9-12,15-18,24-25,30,32,35,38H,7,13-14,20-23,26H2,1-2H3/b4-3+,29-24-,31-25-/t30-,32?,35-,37-/m1/s1. The Balaban J connectivity index is 1.30. The predicted octanol–water partition coefficient (Wildman–Crippen LogP) is 7.29. The maximum atomic E-state index is 10.5. The molecule has 1 spiro atoms. The summed E-state index contributed by atoms with van der Waals surface area (Å²) in [7, 11) is 0. The van der Waals surface area contributed by atoms with E-state index in [2.05, 4.69) is 90.7 Å². The largest absolute Gasteiger partial charge is 0.392 e. The number of hydrogen-bond acceptors (Lipinski definition) is 3. The Morgan fingerprint density at radius 3 is 2.45 bits per heavy atom. The third-order valence-electron chi connectivity index (χ3n) is 8.92. The third-order valence-corrected chi connectivity index (χ3v) is 8.92. The van der Waals surface area contributed by atoms with E-state index in [4.69, 9.17) is 9.47 Å². The van der Waals surface area contributed by atoms with Crippen LogP contribution in [0.1, 0.15) is 57.1 Å². The van der Waals surface area contributed by atoms with E-state index in [1.807, 2.05) is 19.9 Å². The van der Waals surface area contributed by atoms with Gasteiger partial charge < -0.3 is 14.6 Å². The van der Waals surface area contributed by atoms with Crippen molar-refractivity contribution in [1.82, 2.24) is 0 Å². The van der Waals surface area contributed by atoms with Crippen LogP contribution in [-0.4, -0.2) is 29.2 Å². The van der Waals surface area contributed by atoms with Crippen LogP contribution in [-0.2, 0) is 22.3 Å². The lowest BCUT2D eigenvalue weighted by Crippen LogP contribution is -2.58. The van der Waals surface area contributed by atoms with E-state index in [1.165, 1.54) is 22.3 Å². The van der Waals surface area contributed by atoms with Gasteiger partial charge in [0.2, 0.25) is 0 Å². The van der Waals surface area contributed by atoms with Crippen LogP contribution in [0.15, 0.2) is 107 Å². The second-order valence-corrected chi connectivity index (χ2v) is 12.0. The van der Waals surface area contributed by atoms with Crippen molar-refractivity contribution in [2.75, 3.05) is 6.61 Å². The van der Waals surface area contributed by atoms with E-state index in [-0.39, 0.29) is 18.3 Å². The molecule has 1 N–H and O–H groups in total. The van der Waals surface area contributed by atoms with Gasteiger partial charge in [-0.2, -0.15) is 0 Å². The minimum Gasteiger partial charge on any atom is -0.392 e. The molecule has 1 unspecified atom stereocenters. The van der Waals surface area contributed by atoms with Gasteiger partial charge in [-0.25, -0.2) is 0 Å². The molecule has 6 rings (SSSR count). The Kier molecular flexibility index (Phi) is 7.69. The summed E-state index contributed by atoms with van der Waals surface area (Å²) in [6.07, 6.45) is 15.8. The van der Waals surface area contributed by atoms with E-state index >= 15 is 0 Å². The highest BCUT2D eigenvalue weighted by Crippen LogP contribution is 2.63. The number of aliphatic hydroxyl groups excluding tert-OH is 1. The summed E-state index contributed by atoms with van der Waals surface area (Å²) >= 11 is 0. The maximum absolute atomic E-state index is 10.5. The molecule has 3 nitrogen and oxygen atoms in total. The molecule has 1 saturated heterocycles. The van der Waals surface area contributed by atoms with Gasteiger partial charge in [0.15, 0.2) is 5.79 Å². The molecule has 206 valence electrons. The van der Waals surface area contributed by atoms with Crippen molar-refractivity contribution < 1.29 is 14.6 Å². The van der Waals surface area contributed by atoms with Gasteiger partial charge in [-0.15, -0.1) is 0 Å². The fourth-order valence-electron chi connectivity index (χ4n) is 7.30. The lowest BCUT2D eigenvalue weighted by molar-refractivity contribution is -0.157. The summed E-state index contributed by atoms with van der Waals surface area (Å²) in [6.45, 7) is 4.02. The number of rotatable bonds is 7. The first-order chi connectivity index (χ1) is 19.5. The van der Waals surface area contributed by atoms with E-state index in [9.17, 15) is 5.11 Å². The van der Waals surface area contributed by atoms with Crippen LogP contribution < -0.4 is 0 Å². The summed E-state index contributed by atoms with van der Waals surface area (Å²) in [5.41, 5.74) is 6.84. The first-order valence-corrected chi connectivity index (χ1v) is 14.9. The van der Waals surface area contributed by atoms with E-state index in [0.29, 0.717) is 11.8 Å². The molecule has 3 heteroatoms. The monoisotopic (exact) mass is 532 g/mol. The van der Waals surface area contributed by atoms with Gasteiger partial charge in [0.05, 0.1) is 6.61 Å². The molecule has 0 aromatic heterocycles. The fraction of sp³-hybridized carbons (Fsp3) is 0.405. The highest BCUT2D eigenvalue weighted by molar-refractivity contribution is 5.61. The first-order valence-electron chi connectivity index (χ1n) is 14.9. The summed E-state index contributed by atoms with van der Waals surface area (Å²) in [4.78, 5) is 0. The Hall–Kier alpha value is -3.16. The van der Waals surface area contributed by atoms with Gasteiger partial charge >= 0.3 is 0 Å². The van der Waals surface area contributed by atoms with E-state index in [0.717, 1.165) is 56.1 Å². The number of hydrogen-bond donors (Lipinski definition) is 1. The second kappa shape index (κ2) is 11.4. The predicted molar refractivity (Wildman–Crippen MR) is 160 cm³/mol. The van der Waals surface area contributed by atoms with Crippen molar-refractivity contribution in [3.8, 4) is 11.8 Å². The fourth-order valence-corrected chi connectivity index (χ4v) is 7.30. The third kappa shape index (κ3) is 5.29. The second-order valence-electron chi connectivity index (χ2n) is 12.0. The van der Waals surface area contributed by atoms with Crippen LogP contribution >= 0.6 is 0 Å². The molecular weight excluding hydrogens is 492 g/mol. The number of allylic oxidation sites excluding steroid dienone is 5. The van der Waals surface area contributed by atoms with Crippen molar-refractivity contribution in [2.45, 2.75) is 76.3 Å². The molecule has 2 aromatic rings. The molecule has 4 aliphatic rings. The van der Waals surface area contributed by atoms with Crippen molar-refractivity contribution >= 4 is 0 Å². The molecule has 1 heterocycles. The average Bonchev–Trinajstić information content (AvgIpc) is 3.16. The van der Waals surface area contributed by atoms with Gasteiger partial charge in [0, 0.05) is 5.57 Å². The highest BCUT2D eigenvalue weighted by Gasteiger charge is 2.67. The zero-order chi connectivity index (χ0) is 27.6. The zero-order valence-corrected chi connectivity index (χ0v) is 23.7. The summed E-state index contributed by atoms with van der Waals surface area (Å²) in [5.74, 6) is 6.80. The normalized spacial score (nSPS) is 30.9. The Labute approximate surface area is 239 Å². The van der Waals surface area contributed by atoms with Crippen LogP contribution in [0.4, 0.5) is 0 Å². The minimum absolute atomic E-state index is 0.0253. The maximum Gasteiger partial charge on any atom is 0.165 e. The highest BCUT2D eigenvalue weighted by atomic mass is 16.8. The molecule has 3 aliphatic carbocycles. The molecule has 0 radical (unpaired) electrons. The molecule has 0 bridgehead atoms. The molecule has 4 atom stereocenters.